The maximum absolute atomic E-state index is 8.15. The Morgan fingerprint density at radius 2 is 0.790 bits per heavy atom. The van der Waals surface area contributed by atoms with Crippen molar-refractivity contribution in [2.24, 2.45) is 10.8 Å². The lowest BCUT2D eigenvalue weighted by Crippen LogP contribution is -2.38. The van der Waals surface area contributed by atoms with Crippen LogP contribution < -0.4 is 23.7 Å². The molecule has 2 atom stereocenters. The van der Waals surface area contributed by atoms with Crippen molar-refractivity contribution in [1.82, 2.24) is 0 Å². The van der Waals surface area contributed by atoms with Crippen LogP contribution in [-0.2, 0) is 22.0 Å². The summed E-state index contributed by atoms with van der Waals surface area (Å²) in [5.74, 6) is 4.21. The van der Waals surface area contributed by atoms with Crippen molar-refractivity contribution < 1.29 is 23.7 Å². The van der Waals surface area contributed by atoms with Gasteiger partial charge in [-0.3, -0.25) is 0 Å². The van der Waals surface area contributed by atoms with Gasteiger partial charge in [0.2, 0.25) is 0 Å². The smallest absolute Gasteiger partial charge is 0.178 e. The van der Waals surface area contributed by atoms with Gasteiger partial charge in [-0.05, 0) is 225 Å². The Morgan fingerprint density at radius 1 is 0.362 bits per heavy atom. The average Bonchev–Trinajstić information content (AvgIpc) is 1.55. The largest absolute Gasteiger partial charge is 0.497 e. The summed E-state index contributed by atoms with van der Waals surface area (Å²) in [6.07, 6.45) is 28.0. The van der Waals surface area contributed by atoms with Crippen molar-refractivity contribution in [1.29, 1.82) is 0 Å². The second-order valence-corrected chi connectivity index (χ2v) is 31.1. The maximum Gasteiger partial charge on any atom is 0.178 e. The van der Waals surface area contributed by atoms with Crippen LogP contribution in [0, 0.1) is 17.8 Å². The van der Waals surface area contributed by atoms with E-state index in [1.165, 1.54) is 134 Å². The molecule has 522 valence electrons. The van der Waals surface area contributed by atoms with Crippen molar-refractivity contribution in [3.8, 4) is 73.3 Å². The van der Waals surface area contributed by atoms with E-state index < -0.39 is 11.2 Å². The standard InChI is InChI=1S/C100H92O5/c1-9-95(10-2)52-56-97(57-53-95)86-32-21-19-30-76(86)89-82-62-80(68-25-15-13-16-26-68)65(5)60-84(82)93-78(91(89)97)49-51-100(105-93,72-42-46-75(102-7)47-43-72)73-29-23-24-67(61-73)35-34-66-36-38-70(39-37-66)99(71-40-44-74(101-6)45-41-71)50-48-79-92-90(77-31-20-22-33-87(77)98(92)58-54-96(11-3,12-4)55-59-98)83-63-81(69-27-17-14-18-28-69)88(103-8)64-85(83)94(79)104-99/h13-51,60-64H,9-12,52-59H2,1-8H3/b35-34+. The molecule has 6 aliphatic rings. The van der Waals surface area contributed by atoms with E-state index >= 15 is 0 Å². The molecule has 18 rings (SSSR count). The van der Waals surface area contributed by atoms with Crippen molar-refractivity contribution in [2.45, 2.75) is 134 Å². The molecule has 0 amide bonds. The first kappa shape index (κ1) is 66.3. The van der Waals surface area contributed by atoms with E-state index in [-0.39, 0.29) is 10.8 Å². The van der Waals surface area contributed by atoms with Crippen molar-refractivity contribution in [3.05, 3.63) is 315 Å². The van der Waals surface area contributed by atoms with Gasteiger partial charge < -0.3 is 23.7 Å². The second kappa shape index (κ2) is 25.6. The van der Waals surface area contributed by atoms with Crippen molar-refractivity contribution in [3.63, 3.8) is 0 Å². The van der Waals surface area contributed by atoms with E-state index in [1.807, 2.05) is 0 Å². The van der Waals surface area contributed by atoms with Gasteiger partial charge in [0.05, 0.1) is 21.3 Å². The Labute approximate surface area is 619 Å². The minimum absolute atomic E-state index is 0.158. The van der Waals surface area contributed by atoms with Crippen molar-refractivity contribution >= 4 is 45.8 Å². The van der Waals surface area contributed by atoms with Crippen LogP contribution >= 0.6 is 0 Å². The molecule has 105 heavy (non-hydrogen) atoms. The predicted molar refractivity (Wildman–Crippen MR) is 434 cm³/mol. The van der Waals surface area contributed by atoms with Gasteiger partial charge in [0, 0.05) is 60.5 Å². The summed E-state index contributed by atoms with van der Waals surface area (Å²) in [6.45, 7) is 11.9. The molecule has 0 N–H and O–H groups in total. The zero-order valence-corrected chi connectivity index (χ0v) is 61.9. The van der Waals surface area contributed by atoms with Gasteiger partial charge in [-0.25, -0.2) is 0 Å². The first-order valence-electron chi connectivity index (χ1n) is 38.5. The van der Waals surface area contributed by atoms with Crippen LogP contribution in [0.15, 0.2) is 243 Å². The van der Waals surface area contributed by atoms with Crippen LogP contribution in [-0.4, -0.2) is 21.3 Å². The van der Waals surface area contributed by atoms with Crippen LogP contribution in [0.25, 0.3) is 90.4 Å². The molecule has 12 aromatic rings. The Morgan fingerprint density at radius 3 is 1.27 bits per heavy atom. The van der Waals surface area contributed by atoms with Crippen molar-refractivity contribution in [2.75, 3.05) is 21.3 Å². The summed E-state index contributed by atoms with van der Waals surface area (Å²) in [4.78, 5) is 0. The molecule has 5 nitrogen and oxygen atoms in total. The van der Waals surface area contributed by atoms with Gasteiger partial charge in [0.25, 0.3) is 0 Å². The Kier molecular flexibility index (Phi) is 16.2. The third kappa shape index (κ3) is 10.2. The SMILES string of the molecule is CCC1(CC)CCC2(CC1)c1ccccc1-c1c2c2c(c3cc(C)c(-c4ccccc4)cc13)OC(c1ccc(OC)cc1)(c1cccc(/C=C/c3ccc(C4(c5ccc(OC)cc5)C=Cc5c6c(c7cc(-c8ccccc8)c(OC)cc7c5O4)-c4ccccc4C64CCC(CC)(CC)CC4)cc3)c1)C=C2. The van der Waals surface area contributed by atoms with E-state index in [4.69, 9.17) is 23.7 Å². The van der Waals surface area contributed by atoms with E-state index in [0.717, 1.165) is 110 Å². The molecule has 2 heterocycles. The topological polar surface area (TPSA) is 46.2 Å². The average molecular weight is 1370 g/mol. The van der Waals surface area contributed by atoms with E-state index in [1.54, 1.807) is 21.3 Å². The molecule has 2 saturated carbocycles. The third-order valence-corrected chi connectivity index (χ3v) is 26.8. The van der Waals surface area contributed by atoms with Crippen LogP contribution in [0.2, 0.25) is 0 Å². The molecular formula is C100H92O5. The highest BCUT2D eigenvalue weighted by atomic mass is 16.5. The number of hydrogen-bond acceptors (Lipinski definition) is 5. The molecule has 2 spiro atoms. The van der Waals surface area contributed by atoms with E-state index in [9.17, 15) is 0 Å². The van der Waals surface area contributed by atoms with Gasteiger partial charge in [0.1, 0.15) is 28.7 Å². The minimum Gasteiger partial charge on any atom is -0.497 e. The second-order valence-electron chi connectivity index (χ2n) is 31.1. The Balaban J connectivity index is 0.753. The fourth-order valence-corrected chi connectivity index (χ4v) is 20.4. The van der Waals surface area contributed by atoms with Crippen LogP contribution in [0.3, 0.4) is 0 Å². The lowest BCUT2D eigenvalue weighted by molar-refractivity contribution is 0.132. The molecule has 2 fully saturated rings. The predicted octanol–water partition coefficient (Wildman–Crippen LogP) is 25.8. The number of benzene rings is 12. The fraction of sp³-hybridized carbons (Fsp3) is 0.260. The summed E-state index contributed by atoms with van der Waals surface area (Å²) >= 11 is 0. The monoisotopic (exact) mass is 1370 g/mol. The number of methoxy groups -OCH3 is 3. The lowest BCUT2D eigenvalue weighted by Gasteiger charge is -2.47. The summed E-state index contributed by atoms with van der Waals surface area (Å²) in [5.41, 5.74) is 23.9. The zero-order chi connectivity index (χ0) is 71.5. The molecule has 12 aromatic carbocycles. The van der Waals surface area contributed by atoms with Crippen LogP contribution in [0.5, 0.6) is 28.7 Å². The molecule has 5 heteroatoms. The molecule has 2 unspecified atom stereocenters. The summed E-state index contributed by atoms with van der Waals surface area (Å²) in [6, 6.07) is 84.8. The number of rotatable bonds is 15. The quantitative estimate of drug-likeness (QED) is 0.0957. The summed E-state index contributed by atoms with van der Waals surface area (Å²) < 4.78 is 34.3. The Hall–Kier alpha value is -10.6. The number of ether oxygens (including phenoxy) is 5. The third-order valence-electron chi connectivity index (χ3n) is 26.8. The normalized spacial score (nSPS) is 19.3. The maximum atomic E-state index is 8.15. The first-order chi connectivity index (χ1) is 51.4. The molecular weight excluding hydrogens is 1280 g/mol. The minimum atomic E-state index is -1.03. The number of aryl methyl sites for hydroxylation is 1. The lowest BCUT2D eigenvalue weighted by atomic mass is 9.58. The summed E-state index contributed by atoms with van der Waals surface area (Å²) in [7, 11) is 5.26. The highest BCUT2D eigenvalue weighted by Crippen LogP contribution is 2.67. The van der Waals surface area contributed by atoms with E-state index in [2.05, 4.69) is 302 Å². The molecule has 4 aliphatic carbocycles. The number of fused-ring (bicyclic) bond motifs is 20. The summed E-state index contributed by atoms with van der Waals surface area (Å²) in [5, 5.41) is 4.60. The first-order valence-corrected chi connectivity index (χ1v) is 38.5. The van der Waals surface area contributed by atoms with Gasteiger partial charge in [0.15, 0.2) is 11.2 Å². The highest BCUT2D eigenvalue weighted by Gasteiger charge is 2.54. The highest BCUT2D eigenvalue weighted by molar-refractivity contribution is 6.12. The zero-order valence-electron chi connectivity index (χ0n) is 61.9. The molecule has 0 saturated heterocycles. The number of hydrogen-bond donors (Lipinski definition) is 0. The van der Waals surface area contributed by atoms with Crippen LogP contribution in [0.4, 0.5) is 0 Å². The van der Waals surface area contributed by atoms with Gasteiger partial charge >= 0.3 is 0 Å². The molecule has 0 radical (unpaired) electrons. The Bertz CT molecular complexity index is 5470. The van der Waals surface area contributed by atoms with Gasteiger partial charge in [-0.15, -0.1) is 0 Å². The van der Waals surface area contributed by atoms with Gasteiger partial charge in [-0.2, -0.15) is 0 Å². The molecule has 0 bridgehead atoms. The van der Waals surface area contributed by atoms with Crippen LogP contribution in [0.1, 0.15) is 177 Å². The molecule has 0 aromatic heterocycles. The molecule has 2 aliphatic heterocycles. The fourth-order valence-electron chi connectivity index (χ4n) is 20.4. The van der Waals surface area contributed by atoms with E-state index in [0.29, 0.717) is 10.8 Å². The van der Waals surface area contributed by atoms with Gasteiger partial charge in [-0.1, -0.05) is 254 Å².